The molecule has 4 aromatic rings. The van der Waals surface area contributed by atoms with E-state index < -0.39 is 12.1 Å². The highest BCUT2D eigenvalue weighted by Gasteiger charge is 2.38. The number of carbonyl (C=O) groups is 1. The number of allylic oxidation sites excluding steroid dienone is 1. The normalized spacial score (nSPS) is 16.1. The van der Waals surface area contributed by atoms with Gasteiger partial charge in [-0.25, -0.2) is 19.7 Å². The summed E-state index contributed by atoms with van der Waals surface area (Å²) in [6, 6.07) is 18.4. The lowest BCUT2D eigenvalue weighted by Crippen LogP contribution is -2.39. The monoisotopic (exact) mass is 505 g/mol. The van der Waals surface area contributed by atoms with Crippen LogP contribution >= 0.6 is 0 Å². The van der Waals surface area contributed by atoms with E-state index in [2.05, 4.69) is 34.4 Å². The van der Waals surface area contributed by atoms with Crippen LogP contribution < -0.4 is 10.6 Å². The Labute approximate surface area is 222 Å². The predicted molar refractivity (Wildman–Crippen MR) is 150 cm³/mol. The quantitative estimate of drug-likeness (QED) is 0.283. The summed E-state index contributed by atoms with van der Waals surface area (Å²) in [6.45, 7) is 9.85. The van der Waals surface area contributed by atoms with Gasteiger partial charge in [0.2, 0.25) is 0 Å². The van der Waals surface area contributed by atoms with E-state index in [1.807, 2.05) is 81.4 Å². The van der Waals surface area contributed by atoms with Gasteiger partial charge in [0.25, 0.3) is 0 Å². The van der Waals surface area contributed by atoms with Crippen LogP contribution in [-0.4, -0.2) is 26.1 Å². The number of hydrogen-bond acceptors (Lipinski definition) is 5. The van der Waals surface area contributed by atoms with Crippen LogP contribution in [0.25, 0.3) is 22.5 Å². The fourth-order valence-electron chi connectivity index (χ4n) is 4.97. The molecule has 3 N–H and O–H groups in total. The first-order valence-electron chi connectivity index (χ1n) is 12.6. The maximum Gasteiger partial charge on any atom is 0.320 e. The number of urea groups is 1. The van der Waals surface area contributed by atoms with Crippen LogP contribution in [0.3, 0.4) is 0 Å². The molecule has 0 radical (unpaired) electrons. The number of carbonyl (C=O) groups excluding carboxylic acids is 1. The molecular formula is C31H31N5O2. The van der Waals surface area contributed by atoms with Crippen molar-refractivity contribution < 1.29 is 9.90 Å². The van der Waals surface area contributed by atoms with Gasteiger partial charge < -0.3 is 15.7 Å². The number of hydrogen-bond donors (Lipinski definition) is 3. The Balaban J connectivity index is 1.51. The number of amides is 2. The van der Waals surface area contributed by atoms with Crippen LogP contribution in [0.4, 0.5) is 10.5 Å². The van der Waals surface area contributed by atoms with Gasteiger partial charge >= 0.3 is 6.03 Å². The van der Waals surface area contributed by atoms with Gasteiger partial charge in [-0.15, -0.1) is 0 Å². The third kappa shape index (κ3) is 4.52. The molecule has 5 rings (SSSR count). The minimum Gasteiger partial charge on any atom is -0.510 e. The van der Waals surface area contributed by atoms with E-state index in [9.17, 15) is 9.90 Å². The molecule has 7 nitrogen and oxygen atoms in total. The molecule has 2 aromatic carbocycles. The fourth-order valence-corrected chi connectivity index (χ4v) is 4.97. The van der Waals surface area contributed by atoms with E-state index in [1.165, 1.54) is 0 Å². The number of fused-ring (bicyclic) bond motifs is 1. The van der Waals surface area contributed by atoms with Crippen molar-refractivity contribution in [2.75, 3.05) is 5.32 Å². The summed E-state index contributed by atoms with van der Waals surface area (Å²) in [5.41, 5.74) is 6.91. The van der Waals surface area contributed by atoms with Crippen molar-refractivity contribution in [2.45, 2.75) is 46.1 Å². The van der Waals surface area contributed by atoms with Crippen LogP contribution in [0, 0.1) is 13.8 Å². The molecule has 0 fully saturated rings. The molecule has 1 aliphatic carbocycles. The summed E-state index contributed by atoms with van der Waals surface area (Å²) in [5, 5.41) is 17.1. The second-order valence-corrected chi connectivity index (χ2v) is 10.2. The van der Waals surface area contributed by atoms with Gasteiger partial charge in [-0.2, -0.15) is 0 Å². The second-order valence-electron chi connectivity index (χ2n) is 10.2. The highest BCUT2D eigenvalue weighted by molar-refractivity contribution is 5.95. The Kier molecular flexibility index (Phi) is 6.45. The Morgan fingerprint density at radius 2 is 1.55 bits per heavy atom. The number of anilines is 1. The molecular weight excluding hydrogens is 474 g/mol. The molecule has 0 spiro atoms. The molecule has 2 amide bonds. The molecule has 38 heavy (non-hydrogen) atoms. The van der Waals surface area contributed by atoms with Crippen LogP contribution in [-0.2, 0) is 5.41 Å². The Bertz CT molecular complexity index is 1540. The van der Waals surface area contributed by atoms with E-state index in [0.717, 1.165) is 39.1 Å². The second kappa shape index (κ2) is 9.74. The summed E-state index contributed by atoms with van der Waals surface area (Å²) < 4.78 is 0. The number of aliphatic hydroxyl groups is 1. The third-order valence-electron chi connectivity index (χ3n) is 7.38. The average Bonchev–Trinajstić information content (AvgIpc) is 2.91. The number of nitrogens with zero attached hydrogens (tertiary/aromatic N) is 3. The van der Waals surface area contributed by atoms with Crippen molar-refractivity contribution in [3.05, 3.63) is 107 Å². The van der Waals surface area contributed by atoms with Gasteiger partial charge in [0.05, 0.1) is 17.1 Å². The number of aliphatic hydroxyl groups excluding tert-OH is 1. The van der Waals surface area contributed by atoms with Crippen LogP contribution in [0.2, 0.25) is 0 Å². The first kappa shape index (κ1) is 25.1. The Morgan fingerprint density at radius 3 is 2.26 bits per heavy atom. The van der Waals surface area contributed by atoms with Crippen LogP contribution in [0.5, 0.6) is 0 Å². The summed E-state index contributed by atoms with van der Waals surface area (Å²) in [5.74, 6) is 0.848. The SMILES string of the molecule is CC1=C(O)[C@H](NC(=O)Nc2cc(C)c(-c3cnc(C)nc3)nc2-c2ccccc2)c2ccccc2C1(C)C. The molecule has 2 aromatic heterocycles. The molecule has 0 aliphatic heterocycles. The van der Waals surface area contributed by atoms with E-state index in [0.29, 0.717) is 17.2 Å². The van der Waals surface area contributed by atoms with Gasteiger partial charge in [-0.1, -0.05) is 68.4 Å². The van der Waals surface area contributed by atoms with Crippen molar-refractivity contribution in [2.24, 2.45) is 0 Å². The van der Waals surface area contributed by atoms with E-state index >= 15 is 0 Å². The summed E-state index contributed by atoms with van der Waals surface area (Å²) in [6.07, 6.45) is 3.51. The predicted octanol–water partition coefficient (Wildman–Crippen LogP) is 6.81. The molecule has 0 saturated carbocycles. The zero-order chi connectivity index (χ0) is 27.0. The number of pyridine rings is 1. The van der Waals surface area contributed by atoms with E-state index in [-0.39, 0.29) is 11.2 Å². The summed E-state index contributed by atoms with van der Waals surface area (Å²) in [7, 11) is 0. The molecule has 0 unspecified atom stereocenters. The van der Waals surface area contributed by atoms with E-state index in [4.69, 9.17) is 4.98 Å². The highest BCUT2D eigenvalue weighted by atomic mass is 16.3. The standard InChI is InChI=1S/C31H31N5O2/c1-18-15-25(27(21-11-7-6-8-12-21)35-26(18)22-16-32-20(3)33-17-22)34-30(38)36-28-23-13-9-10-14-24(23)31(4,5)19(2)29(28)37/h6-17,28,37H,1-5H3,(H2,34,36,38)/t28-/m1/s1. The highest BCUT2D eigenvalue weighted by Crippen LogP contribution is 2.44. The first-order valence-corrected chi connectivity index (χ1v) is 12.6. The zero-order valence-corrected chi connectivity index (χ0v) is 22.2. The maximum absolute atomic E-state index is 13.4. The first-order chi connectivity index (χ1) is 18.2. The molecule has 2 heterocycles. The minimum absolute atomic E-state index is 0.163. The van der Waals surface area contributed by atoms with Gasteiger partial charge in [0.1, 0.15) is 17.6 Å². The number of aryl methyl sites for hydroxylation is 2. The molecule has 7 heteroatoms. The molecule has 1 aliphatic rings. The maximum atomic E-state index is 13.4. The number of aromatic nitrogens is 3. The lowest BCUT2D eigenvalue weighted by Gasteiger charge is -2.38. The molecule has 0 saturated heterocycles. The van der Waals surface area contributed by atoms with Crippen molar-refractivity contribution in [3.8, 4) is 22.5 Å². The largest absolute Gasteiger partial charge is 0.510 e. The van der Waals surface area contributed by atoms with Crippen molar-refractivity contribution in [1.82, 2.24) is 20.3 Å². The number of benzene rings is 2. The van der Waals surface area contributed by atoms with Crippen molar-refractivity contribution in [3.63, 3.8) is 0 Å². The van der Waals surface area contributed by atoms with Crippen LogP contribution in [0.1, 0.15) is 49.3 Å². The third-order valence-corrected chi connectivity index (χ3v) is 7.38. The molecule has 1 atom stereocenters. The summed E-state index contributed by atoms with van der Waals surface area (Å²) in [4.78, 5) is 27.0. The Morgan fingerprint density at radius 1 is 0.895 bits per heavy atom. The summed E-state index contributed by atoms with van der Waals surface area (Å²) >= 11 is 0. The van der Waals surface area contributed by atoms with Gasteiger partial charge in [0, 0.05) is 28.9 Å². The van der Waals surface area contributed by atoms with Gasteiger partial charge in [-0.05, 0) is 49.1 Å². The van der Waals surface area contributed by atoms with Crippen molar-refractivity contribution >= 4 is 11.7 Å². The topological polar surface area (TPSA) is 100 Å². The lowest BCUT2D eigenvalue weighted by atomic mass is 9.70. The minimum atomic E-state index is -0.655. The number of nitrogens with one attached hydrogen (secondary N) is 2. The lowest BCUT2D eigenvalue weighted by molar-refractivity contribution is 0.243. The Hall–Kier alpha value is -4.52. The van der Waals surface area contributed by atoms with Crippen molar-refractivity contribution in [1.29, 1.82) is 0 Å². The average molecular weight is 506 g/mol. The smallest absolute Gasteiger partial charge is 0.320 e. The molecule has 192 valence electrons. The van der Waals surface area contributed by atoms with Gasteiger partial charge in [0.15, 0.2) is 0 Å². The zero-order valence-electron chi connectivity index (χ0n) is 22.2. The fraction of sp³-hybridized carbons (Fsp3) is 0.226. The van der Waals surface area contributed by atoms with Gasteiger partial charge in [-0.3, -0.25) is 0 Å². The van der Waals surface area contributed by atoms with E-state index in [1.54, 1.807) is 12.4 Å². The van der Waals surface area contributed by atoms with Crippen LogP contribution in [0.15, 0.2) is 84.4 Å². The molecule has 0 bridgehead atoms. The number of rotatable bonds is 4.